The highest BCUT2D eigenvalue weighted by Crippen LogP contribution is 2.35. The summed E-state index contributed by atoms with van der Waals surface area (Å²) in [5.74, 6) is -3.89. The van der Waals surface area contributed by atoms with E-state index in [2.05, 4.69) is 0 Å². The topological polar surface area (TPSA) is 161 Å². The van der Waals surface area contributed by atoms with Crippen LogP contribution in [0.25, 0.3) is 0 Å². The minimum absolute atomic E-state index is 0.289. The highest BCUT2D eigenvalue weighted by molar-refractivity contribution is 5.89. The Morgan fingerprint density at radius 2 is 1.52 bits per heavy atom. The van der Waals surface area contributed by atoms with Crippen molar-refractivity contribution in [2.24, 2.45) is 11.7 Å². The van der Waals surface area contributed by atoms with Crippen LogP contribution < -0.4 is 5.73 Å². The third-order valence-corrected chi connectivity index (χ3v) is 2.36. The van der Waals surface area contributed by atoms with Gasteiger partial charge in [-0.15, -0.1) is 0 Å². The summed E-state index contributed by atoms with van der Waals surface area (Å²) in [7, 11) is 0. The first-order valence-electron chi connectivity index (χ1n) is 6.02. The minimum Gasteiger partial charge on any atom is -0.504 e. The second-order valence-corrected chi connectivity index (χ2v) is 4.74. The smallest absolute Gasteiger partial charge is 0.335 e. The number of phenolic OH excluding ortho intramolecular Hbond substituents is 3. The van der Waals surface area contributed by atoms with Crippen LogP contribution in [-0.2, 0) is 4.79 Å². The molecule has 1 rings (SSSR count). The molecule has 0 aliphatic carbocycles. The second-order valence-electron chi connectivity index (χ2n) is 4.74. The number of carbonyl (C=O) groups is 2. The van der Waals surface area contributed by atoms with E-state index in [9.17, 15) is 9.59 Å². The SMILES string of the molecule is CC(C)C[C@H](N)C(=O)O.O=C(O)c1cc(O)c(O)c(O)c1. The van der Waals surface area contributed by atoms with Gasteiger partial charge in [0.2, 0.25) is 0 Å². The Morgan fingerprint density at radius 1 is 1.10 bits per heavy atom. The molecule has 0 saturated heterocycles. The van der Waals surface area contributed by atoms with Crippen LogP contribution in [0, 0.1) is 5.92 Å². The van der Waals surface area contributed by atoms with Gasteiger partial charge in [0.1, 0.15) is 6.04 Å². The maximum Gasteiger partial charge on any atom is 0.335 e. The van der Waals surface area contributed by atoms with Crippen LogP contribution in [0.15, 0.2) is 12.1 Å². The van der Waals surface area contributed by atoms with E-state index in [0.717, 1.165) is 12.1 Å². The fraction of sp³-hybridized carbons (Fsp3) is 0.385. The molecule has 1 atom stereocenters. The van der Waals surface area contributed by atoms with Crippen LogP contribution in [0.1, 0.15) is 30.6 Å². The van der Waals surface area contributed by atoms with Crippen LogP contribution in [-0.4, -0.2) is 43.5 Å². The van der Waals surface area contributed by atoms with E-state index in [1.165, 1.54) is 0 Å². The Labute approximate surface area is 121 Å². The van der Waals surface area contributed by atoms with Gasteiger partial charge in [0.05, 0.1) is 5.56 Å². The quantitative estimate of drug-likeness (QED) is 0.448. The van der Waals surface area contributed by atoms with E-state index in [1.54, 1.807) is 0 Å². The molecule has 0 unspecified atom stereocenters. The van der Waals surface area contributed by atoms with Crippen molar-refractivity contribution in [3.63, 3.8) is 0 Å². The monoisotopic (exact) mass is 301 g/mol. The summed E-state index contributed by atoms with van der Waals surface area (Å²) in [6, 6.07) is 0.999. The molecule has 0 heterocycles. The average molecular weight is 301 g/mol. The Bertz CT molecular complexity index is 490. The van der Waals surface area contributed by atoms with E-state index in [0.29, 0.717) is 12.3 Å². The van der Waals surface area contributed by atoms with Gasteiger partial charge < -0.3 is 31.3 Å². The molecule has 1 aromatic carbocycles. The Kier molecular flexibility index (Phi) is 7.01. The number of hydrogen-bond acceptors (Lipinski definition) is 6. The summed E-state index contributed by atoms with van der Waals surface area (Å²) >= 11 is 0. The minimum atomic E-state index is -1.29. The number of aromatic carboxylic acids is 1. The van der Waals surface area contributed by atoms with E-state index < -0.39 is 35.2 Å². The highest BCUT2D eigenvalue weighted by Gasteiger charge is 2.12. The molecule has 7 N–H and O–H groups in total. The van der Waals surface area contributed by atoms with Crippen LogP contribution in [0.3, 0.4) is 0 Å². The van der Waals surface area contributed by atoms with Crippen LogP contribution >= 0.6 is 0 Å². The van der Waals surface area contributed by atoms with Crippen molar-refractivity contribution in [2.75, 3.05) is 0 Å². The van der Waals surface area contributed by atoms with E-state index in [4.69, 9.17) is 31.3 Å². The van der Waals surface area contributed by atoms with Crippen molar-refractivity contribution in [3.05, 3.63) is 17.7 Å². The second kappa shape index (κ2) is 7.95. The fourth-order valence-electron chi connectivity index (χ4n) is 1.34. The van der Waals surface area contributed by atoms with E-state index >= 15 is 0 Å². The maximum absolute atomic E-state index is 10.3. The lowest BCUT2D eigenvalue weighted by Crippen LogP contribution is -2.31. The van der Waals surface area contributed by atoms with Gasteiger partial charge >= 0.3 is 11.9 Å². The molecule has 0 fully saturated rings. The van der Waals surface area contributed by atoms with Gasteiger partial charge in [-0.25, -0.2) is 4.79 Å². The van der Waals surface area contributed by atoms with Gasteiger partial charge in [0, 0.05) is 0 Å². The summed E-state index contributed by atoms with van der Waals surface area (Å²) in [4.78, 5) is 20.4. The van der Waals surface area contributed by atoms with Gasteiger partial charge in [-0.1, -0.05) is 13.8 Å². The van der Waals surface area contributed by atoms with Crippen molar-refractivity contribution >= 4 is 11.9 Å². The summed E-state index contributed by atoms with van der Waals surface area (Å²) in [5, 5.41) is 43.3. The first-order valence-corrected chi connectivity index (χ1v) is 6.02. The molecule has 0 radical (unpaired) electrons. The van der Waals surface area contributed by atoms with Crippen LogP contribution in [0.4, 0.5) is 0 Å². The van der Waals surface area contributed by atoms with Crippen molar-refractivity contribution in [1.82, 2.24) is 0 Å². The first kappa shape index (κ1) is 18.5. The number of nitrogens with two attached hydrogens (primary N) is 1. The summed E-state index contributed by atoms with van der Waals surface area (Å²) < 4.78 is 0. The van der Waals surface area contributed by atoms with Crippen molar-refractivity contribution in [1.29, 1.82) is 0 Å². The third kappa shape index (κ3) is 6.48. The summed E-state index contributed by atoms with van der Waals surface area (Å²) in [6.07, 6.45) is 0.551. The summed E-state index contributed by atoms with van der Waals surface area (Å²) in [5.41, 5.74) is 4.93. The molecular formula is C13H19NO7. The molecule has 1 aromatic rings. The molecule has 118 valence electrons. The number of aromatic hydroxyl groups is 3. The lowest BCUT2D eigenvalue weighted by Gasteiger charge is -2.07. The van der Waals surface area contributed by atoms with Gasteiger partial charge in [0.25, 0.3) is 0 Å². The predicted molar refractivity (Wildman–Crippen MR) is 73.5 cm³/mol. The number of hydrogen-bond donors (Lipinski definition) is 6. The lowest BCUT2D eigenvalue weighted by molar-refractivity contribution is -0.138. The van der Waals surface area contributed by atoms with E-state index in [-0.39, 0.29) is 5.56 Å². The normalized spacial score (nSPS) is 11.4. The van der Waals surface area contributed by atoms with Crippen molar-refractivity contribution in [2.45, 2.75) is 26.3 Å². The van der Waals surface area contributed by atoms with Crippen molar-refractivity contribution in [3.8, 4) is 17.2 Å². The number of aliphatic carboxylic acids is 1. The first-order chi connectivity index (χ1) is 9.56. The third-order valence-electron chi connectivity index (χ3n) is 2.36. The number of benzene rings is 1. The van der Waals surface area contributed by atoms with Crippen LogP contribution in [0.2, 0.25) is 0 Å². The molecule has 0 saturated carbocycles. The summed E-state index contributed by atoms with van der Waals surface area (Å²) in [6.45, 7) is 3.89. The number of carboxylic acid groups (broad SMARTS) is 2. The van der Waals surface area contributed by atoms with Gasteiger partial charge in [-0.05, 0) is 24.5 Å². The zero-order chi connectivity index (χ0) is 16.7. The molecule has 0 aliphatic heterocycles. The zero-order valence-electron chi connectivity index (χ0n) is 11.6. The van der Waals surface area contributed by atoms with Gasteiger partial charge in [0.15, 0.2) is 17.2 Å². The highest BCUT2D eigenvalue weighted by atomic mass is 16.4. The zero-order valence-corrected chi connectivity index (χ0v) is 11.6. The average Bonchev–Trinajstić information content (AvgIpc) is 2.35. The molecule has 0 spiro atoms. The molecule has 0 aliphatic rings. The van der Waals surface area contributed by atoms with Crippen molar-refractivity contribution < 1.29 is 35.1 Å². The Balaban J connectivity index is 0.000000400. The number of rotatable bonds is 4. The number of phenols is 3. The predicted octanol–water partition coefficient (Wildman–Crippen LogP) is 0.946. The standard InChI is InChI=1S/C7H6O5.C6H13NO2/c8-4-1-3(7(11)12)2-5(9)6(4)10;1-4(2)3-5(7)6(8)9/h1-2,8-10H,(H,11,12);4-5H,3,7H2,1-2H3,(H,8,9)/t;5-/m.0/s1. The largest absolute Gasteiger partial charge is 0.504 e. The molecular weight excluding hydrogens is 282 g/mol. The van der Waals surface area contributed by atoms with E-state index in [1.807, 2.05) is 13.8 Å². The molecule has 21 heavy (non-hydrogen) atoms. The molecule has 8 heteroatoms. The maximum atomic E-state index is 10.3. The fourth-order valence-corrected chi connectivity index (χ4v) is 1.34. The molecule has 0 amide bonds. The Morgan fingerprint density at radius 3 is 1.76 bits per heavy atom. The Hall–Kier alpha value is -2.48. The molecule has 8 nitrogen and oxygen atoms in total. The molecule has 0 aromatic heterocycles. The lowest BCUT2D eigenvalue weighted by atomic mass is 10.1. The van der Waals surface area contributed by atoms with Gasteiger partial charge in [-0.3, -0.25) is 4.79 Å². The molecule has 0 bridgehead atoms. The van der Waals surface area contributed by atoms with Gasteiger partial charge in [-0.2, -0.15) is 0 Å². The van der Waals surface area contributed by atoms with Crippen LogP contribution in [0.5, 0.6) is 17.2 Å². The number of carboxylic acids is 2.